The van der Waals surface area contributed by atoms with Gasteiger partial charge in [0.25, 0.3) is 0 Å². The average molecular weight is 253 g/mol. The Labute approximate surface area is 111 Å². The van der Waals surface area contributed by atoms with E-state index >= 15 is 0 Å². The lowest BCUT2D eigenvalue weighted by atomic mass is 10.1. The largest absolute Gasteiger partial charge is 0.364 e. The number of anilines is 1. The summed E-state index contributed by atoms with van der Waals surface area (Å²) in [6, 6.07) is 12.2. The second kappa shape index (κ2) is 4.72. The highest BCUT2D eigenvalue weighted by Crippen LogP contribution is 2.20. The van der Waals surface area contributed by atoms with E-state index in [1.54, 1.807) is 0 Å². The first-order valence-electron chi connectivity index (χ1n) is 6.25. The number of aromatic nitrogens is 2. The summed E-state index contributed by atoms with van der Waals surface area (Å²) in [5, 5.41) is 8.41. The van der Waals surface area contributed by atoms with Crippen LogP contribution in [0, 0.1) is 13.8 Å². The normalized spacial score (nSPS) is 10.8. The number of pyridine rings is 1. The van der Waals surface area contributed by atoms with E-state index in [9.17, 15) is 0 Å². The van der Waals surface area contributed by atoms with Gasteiger partial charge in [0, 0.05) is 11.5 Å². The van der Waals surface area contributed by atoms with Crippen LogP contribution < -0.4 is 5.32 Å². The monoisotopic (exact) mass is 253 g/mol. The maximum Gasteiger partial charge on any atom is 0.133 e. The molecular weight excluding hydrogens is 238 g/mol. The fraction of sp³-hybridized carbons (Fsp3) is 0.200. The van der Waals surface area contributed by atoms with Crippen molar-refractivity contribution in [1.82, 2.24) is 10.1 Å². The van der Waals surface area contributed by atoms with Crippen molar-refractivity contribution in [1.29, 1.82) is 0 Å². The van der Waals surface area contributed by atoms with E-state index in [1.165, 1.54) is 0 Å². The molecule has 2 aromatic heterocycles. The number of nitrogens with zero attached hydrogens (tertiary/aromatic N) is 2. The highest BCUT2D eigenvalue weighted by Gasteiger charge is 2.05. The molecule has 1 aromatic carbocycles. The lowest BCUT2D eigenvalue weighted by Gasteiger charge is -2.08. The molecule has 19 heavy (non-hydrogen) atoms. The second-order valence-corrected chi connectivity index (χ2v) is 4.63. The minimum absolute atomic E-state index is 0.615. The SMILES string of the molecule is Cc1cc(CNc2nc3ccccc3cc2C)no1. The summed E-state index contributed by atoms with van der Waals surface area (Å²) in [7, 11) is 0. The van der Waals surface area contributed by atoms with Gasteiger partial charge in [0.1, 0.15) is 17.3 Å². The van der Waals surface area contributed by atoms with Crippen LogP contribution in [0.1, 0.15) is 17.0 Å². The van der Waals surface area contributed by atoms with Gasteiger partial charge < -0.3 is 9.84 Å². The van der Waals surface area contributed by atoms with E-state index in [0.717, 1.165) is 33.7 Å². The van der Waals surface area contributed by atoms with E-state index in [-0.39, 0.29) is 0 Å². The third kappa shape index (κ3) is 2.42. The van der Waals surface area contributed by atoms with E-state index in [4.69, 9.17) is 4.52 Å². The smallest absolute Gasteiger partial charge is 0.133 e. The molecule has 4 heteroatoms. The van der Waals surface area contributed by atoms with Crippen LogP contribution in [0.5, 0.6) is 0 Å². The fourth-order valence-corrected chi connectivity index (χ4v) is 2.08. The Hall–Kier alpha value is -2.36. The highest BCUT2D eigenvalue weighted by atomic mass is 16.5. The van der Waals surface area contributed by atoms with Crippen LogP contribution in [0.15, 0.2) is 40.9 Å². The Morgan fingerprint density at radius 1 is 1.16 bits per heavy atom. The molecule has 4 nitrogen and oxygen atoms in total. The molecule has 0 unspecified atom stereocenters. The molecule has 96 valence electrons. The van der Waals surface area contributed by atoms with Crippen LogP contribution in [0.2, 0.25) is 0 Å². The van der Waals surface area contributed by atoms with Gasteiger partial charge in [-0.2, -0.15) is 0 Å². The van der Waals surface area contributed by atoms with Crippen molar-refractivity contribution in [3.8, 4) is 0 Å². The zero-order chi connectivity index (χ0) is 13.2. The molecular formula is C15H15N3O. The molecule has 0 radical (unpaired) electrons. The van der Waals surface area contributed by atoms with Crippen LogP contribution in [0.3, 0.4) is 0 Å². The first kappa shape index (κ1) is 11.7. The molecule has 3 rings (SSSR count). The standard InChI is InChI=1S/C15H15N3O/c1-10-7-12-5-3-4-6-14(12)17-15(10)16-9-13-8-11(2)19-18-13/h3-8H,9H2,1-2H3,(H,16,17). The van der Waals surface area contributed by atoms with E-state index in [0.29, 0.717) is 6.54 Å². The summed E-state index contributed by atoms with van der Waals surface area (Å²) < 4.78 is 5.04. The zero-order valence-corrected chi connectivity index (χ0v) is 11.0. The number of nitrogens with one attached hydrogen (secondary N) is 1. The number of hydrogen-bond acceptors (Lipinski definition) is 4. The van der Waals surface area contributed by atoms with Gasteiger partial charge in [-0.05, 0) is 31.5 Å². The molecule has 0 saturated carbocycles. The summed E-state index contributed by atoms with van der Waals surface area (Å²) in [6.45, 7) is 4.55. The van der Waals surface area contributed by atoms with Gasteiger partial charge in [-0.3, -0.25) is 0 Å². The lowest BCUT2D eigenvalue weighted by molar-refractivity contribution is 0.391. The molecule has 0 saturated heterocycles. The minimum Gasteiger partial charge on any atom is -0.364 e. The average Bonchev–Trinajstić information content (AvgIpc) is 2.82. The predicted molar refractivity (Wildman–Crippen MR) is 75.0 cm³/mol. The van der Waals surface area contributed by atoms with Crippen molar-refractivity contribution < 1.29 is 4.52 Å². The third-order valence-electron chi connectivity index (χ3n) is 3.03. The van der Waals surface area contributed by atoms with Crippen LogP contribution in [0.4, 0.5) is 5.82 Å². The van der Waals surface area contributed by atoms with Gasteiger partial charge in [-0.25, -0.2) is 4.98 Å². The quantitative estimate of drug-likeness (QED) is 0.776. The third-order valence-corrected chi connectivity index (χ3v) is 3.03. The zero-order valence-electron chi connectivity index (χ0n) is 11.0. The van der Waals surface area contributed by atoms with Crippen LogP contribution in [-0.2, 0) is 6.54 Å². The van der Waals surface area contributed by atoms with Gasteiger partial charge in [0.2, 0.25) is 0 Å². The number of fused-ring (bicyclic) bond motifs is 1. The van der Waals surface area contributed by atoms with Gasteiger partial charge >= 0.3 is 0 Å². The first-order valence-corrected chi connectivity index (χ1v) is 6.25. The van der Waals surface area contributed by atoms with Crippen molar-refractivity contribution in [2.75, 3.05) is 5.32 Å². The summed E-state index contributed by atoms with van der Waals surface area (Å²) in [4.78, 5) is 4.63. The molecule has 0 amide bonds. The van der Waals surface area contributed by atoms with Crippen molar-refractivity contribution >= 4 is 16.7 Å². The Bertz CT molecular complexity index is 718. The molecule has 3 aromatic rings. The predicted octanol–water partition coefficient (Wildman–Crippen LogP) is 3.45. The summed E-state index contributed by atoms with van der Waals surface area (Å²) in [5.41, 5.74) is 3.00. The number of para-hydroxylation sites is 1. The van der Waals surface area contributed by atoms with Crippen molar-refractivity contribution in [2.45, 2.75) is 20.4 Å². The van der Waals surface area contributed by atoms with Crippen LogP contribution in [-0.4, -0.2) is 10.1 Å². The van der Waals surface area contributed by atoms with Gasteiger partial charge in [-0.15, -0.1) is 0 Å². The van der Waals surface area contributed by atoms with E-state index in [1.807, 2.05) is 31.2 Å². The molecule has 0 atom stereocenters. The number of benzene rings is 1. The highest BCUT2D eigenvalue weighted by molar-refractivity contribution is 5.81. The first-order chi connectivity index (χ1) is 9.22. The molecule has 0 spiro atoms. The number of rotatable bonds is 3. The second-order valence-electron chi connectivity index (χ2n) is 4.63. The molecule has 0 bridgehead atoms. The van der Waals surface area contributed by atoms with Gasteiger partial charge in [0.15, 0.2) is 0 Å². The van der Waals surface area contributed by atoms with Gasteiger partial charge in [-0.1, -0.05) is 23.4 Å². The molecule has 2 heterocycles. The number of hydrogen-bond donors (Lipinski definition) is 1. The van der Waals surface area contributed by atoms with E-state index < -0.39 is 0 Å². The molecule has 0 aliphatic heterocycles. The van der Waals surface area contributed by atoms with E-state index in [2.05, 4.69) is 34.5 Å². The molecule has 1 N–H and O–H groups in total. The van der Waals surface area contributed by atoms with Crippen LogP contribution >= 0.6 is 0 Å². The van der Waals surface area contributed by atoms with Crippen molar-refractivity contribution in [3.05, 3.63) is 53.4 Å². The Morgan fingerprint density at radius 3 is 2.79 bits per heavy atom. The maximum atomic E-state index is 5.04. The Balaban J connectivity index is 1.86. The van der Waals surface area contributed by atoms with Gasteiger partial charge in [0.05, 0.1) is 12.1 Å². The summed E-state index contributed by atoms with van der Waals surface area (Å²) in [6.07, 6.45) is 0. The van der Waals surface area contributed by atoms with Crippen LogP contribution in [0.25, 0.3) is 10.9 Å². The maximum absolute atomic E-state index is 5.04. The molecule has 0 fully saturated rings. The topological polar surface area (TPSA) is 51.0 Å². The Kier molecular flexibility index (Phi) is 2.91. The lowest BCUT2D eigenvalue weighted by Crippen LogP contribution is -2.03. The van der Waals surface area contributed by atoms with Crippen molar-refractivity contribution in [2.24, 2.45) is 0 Å². The Morgan fingerprint density at radius 2 is 2.00 bits per heavy atom. The fourth-order valence-electron chi connectivity index (χ4n) is 2.08. The molecule has 0 aliphatic carbocycles. The summed E-state index contributed by atoms with van der Waals surface area (Å²) in [5.74, 6) is 1.71. The molecule has 0 aliphatic rings. The number of aryl methyl sites for hydroxylation is 2. The summed E-state index contributed by atoms with van der Waals surface area (Å²) >= 11 is 0. The van der Waals surface area contributed by atoms with Crippen molar-refractivity contribution in [3.63, 3.8) is 0 Å². The minimum atomic E-state index is 0.615.